The first-order chi connectivity index (χ1) is 11.3. The lowest BCUT2D eigenvalue weighted by Gasteiger charge is -2.30. The number of hydrogen-bond acceptors (Lipinski definition) is 2. The molecule has 124 valence electrons. The average Bonchev–Trinajstić information content (AvgIpc) is 2.52. The van der Waals surface area contributed by atoms with Gasteiger partial charge in [0.05, 0.1) is 0 Å². The second-order valence-electron chi connectivity index (χ2n) is 6.85. The van der Waals surface area contributed by atoms with Crippen molar-refractivity contribution in [2.75, 3.05) is 0 Å². The second kappa shape index (κ2) is 6.59. The zero-order valence-electron chi connectivity index (χ0n) is 14.0. The Kier molecular flexibility index (Phi) is 4.67. The average molecular weight is 433 g/mol. The zero-order valence-corrected chi connectivity index (χ0v) is 16.1. The molecular formula is C20H20INO2. The third-order valence-corrected chi connectivity index (χ3v) is 4.63. The third-order valence-electron chi connectivity index (χ3n) is 3.69. The van der Waals surface area contributed by atoms with Crippen LogP contribution < -0.4 is 5.32 Å². The van der Waals surface area contributed by atoms with Crippen LogP contribution in [-0.4, -0.2) is 11.4 Å². The molecule has 0 spiro atoms. The summed E-state index contributed by atoms with van der Waals surface area (Å²) in [6.45, 7) is 5.91. The molecule has 2 aromatic carbocycles. The van der Waals surface area contributed by atoms with Crippen molar-refractivity contribution in [3.8, 4) is 0 Å². The molecule has 4 heteroatoms. The Bertz CT molecular complexity index is 805. The molecule has 3 nitrogen and oxygen atoms in total. The number of benzene rings is 2. The third kappa shape index (κ3) is 3.64. The van der Waals surface area contributed by atoms with Gasteiger partial charge in [-0.25, -0.2) is 0 Å². The molecule has 0 bridgehead atoms. The van der Waals surface area contributed by atoms with Gasteiger partial charge in [0.1, 0.15) is 5.76 Å². The molecule has 1 aliphatic heterocycles. The zero-order chi connectivity index (χ0) is 17.3. The number of fused-ring (bicyclic) bond motifs is 1. The Morgan fingerprint density at radius 2 is 1.75 bits per heavy atom. The number of carbonyl (C=O) groups is 1. The first-order valence-corrected chi connectivity index (χ1v) is 8.97. The number of carbonyl (C=O) groups excluding carboxylic acids is 1. The van der Waals surface area contributed by atoms with Crippen molar-refractivity contribution in [2.24, 2.45) is 0 Å². The highest BCUT2D eigenvalue weighted by Gasteiger charge is 2.31. The molecule has 0 aromatic heterocycles. The van der Waals surface area contributed by atoms with Gasteiger partial charge >= 0.3 is 0 Å². The van der Waals surface area contributed by atoms with Crippen LogP contribution in [-0.2, 0) is 9.53 Å². The van der Waals surface area contributed by atoms with Crippen molar-refractivity contribution >= 4 is 40.3 Å². The molecule has 0 aliphatic carbocycles. The second-order valence-corrected chi connectivity index (χ2v) is 8.02. The van der Waals surface area contributed by atoms with Crippen LogP contribution in [0.1, 0.15) is 43.6 Å². The fourth-order valence-corrected chi connectivity index (χ4v) is 3.33. The van der Waals surface area contributed by atoms with E-state index in [0.29, 0.717) is 0 Å². The van der Waals surface area contributed by atoms with Crippen LogP contribution in [0, 0.1) is 3.57 Å². The molecule has 24 heavy (non-hydrogen) atoms. The maximum absolute atomic E-state index is 12.8. The molecule has 3 rings (SSSR count). The number of halogens is 1. The summed E-state index contributed by atoms with van der Waals surface area (Å²) in [6, 6.07) is 15.9. The molecule has 0 fully saturated rings. The maximum Gasteiger partial charge on any atom is 0.266 e. The number of amides is 1. The van der Waals surface area contributed by atoms with Crippen molar-refractivity contribution in [3.63, 3.8) is 0 Å². The predicted octanol–water partition coefficient (Wildman–Crippen LogP) is 4.78. The van der Waals surface area contributed by atoms with Crippen LogP contribution in [0.15, 0.2) is 48.5 Å². The predicted molar refractivity (Wildman–Crippen MR) is 105 cm³/mol. The Hall–Kier alpha value is -1.82. The van der Waals surface area contributed by atoms with E-state index in [1.54, 1.807) is 0 Å². The minimum absolute atomic E-state index is 0.119. The summed E-state index contributed by atoms with van der Waals surface area (Å²) >= 11 is 2.29. The van der Waals surface area contributed by atoms with E-state index in [9.17, 15) is 4.79 Å². The molecule has 0 radical (unpaired) electrons. The summed E-state index contributed by atoms with van der Waals surface area (Å²) in [7, 11) is 0. The van der Waals surface area contributed by atoms with Crippen LogP contribution >= 0.6 is 22.6 Å². The topological polar surface area (TPSA) is 38.3 Å². The van der Waals surface area contributed by atoms with Gasteiger partial charge in [0, 0.05) is 20.2 Å². The van der Waals surface area contributed by atoms with Gasteiger partial charge in [0.2, 0.25) is 6.10 Å². The molecule has 0 saturated carbocycles. The van der Waals surface area contributed by atoms with Gasteiger partial charge in [0.15, 0.2) is 0 Å². The summed E-state index contributed by atoms with van der Waals surface area (Å²) in [5.74, 6) is 0.610. The van der Waals surface area contributed by atoms with Gasteiger partial charge in [0.25, 0.3) is 5.91 Å². The van der Waals surface area contributed by atoms with Gasteiger partial charge in [-0.2, -0.15) is 0 Å². The van der Waals surface area contributed by atoms with E-state index in [1.165, 1.54) is 0 Å². The summed E-state index contributed by atoms with van der Waals surface area (Å²) in [6.07, 6.45) is 1.37. The van der Waals surface area contributed by atoms with E-state index in [0.717, 1.165) is 26.0 Å². The Morgan fingerprint density at radius 1 is 1.08 bits per heavy atom. The summed E-state index contributed by atoms with van der Waals surface area (Å²) < 4.78 is 7.22. The van der Waals surface area contributed by atoms with Gasteiger partial charge in [-0.15, -0.1) is 0 Å². The largest absolute Gasteiger partial charge is 0.475 e. The minimum atomic E-state index is -0.642. The van der Waals surface area contributed by atoms with Gasteiger partial charge in [-0.05, 0) is 61.1 Å². The molecule has 1 amide bonds. The SMILES string of the molecule is CC(C)(C)NC(=O)C1OC(c2ccccc2I)=Cc2ccccc21. The summed E-state index contributed by atoms with van der Waals surface area (Å²) in [4.78, 5) is 12.8. The van der Waals surface area contributed by atoms with Crippen molar-refractivity contribution in [1.82, 2.24) is 5.32 Å². The van der Waals surface area contributed by atoms with Crippen molar-refractivity contribution in [2.45, 2.75) is 32.4 Å². The lowest BCUT2D eigenvalue weighted by Crippen LogP contribution is -2.44. The van der Waals surface area contributed by atoms with E-state index >= 15 is 0 Å². The molecule has 1 atom stereocenters. The van der Waals surface area contributed by atoms with Crippen molar-refractivity contribution in [1.29, 1.82) is 0 Å². The monoisotopic (exact) mass is 433 g/mol. The number of ether oxygens (including phenoxy) is 1. The molecule has 0 saturated heterocycles. The smallest absolute Gasteiger partial charge is 0.266 e. The van der Waals surface area contributed by atoms with E-state index < -0.39 is 6.10 Å². The number of nitrogens with one attached hydrogen (secondary N) is 1. The highest BCUT2D eigenvalue weighted by Crippen LogP contribution is 2.37. The maximum atomic E-state index is 12.8. The molecule has 1 heterocycles. The highest BCUT2D eigenvalue weighted by molar-refractivity contribution is 14.1. The standard InChI is InChI=1S/C20H20INO2/c1-20(2,3)22-19(23)18-14-9-5-4-8-13(14)12-17(24-18)15-10-6-7-11-16(15)21/h4-12,18H,1-3H3,(H,22,23). The molecule has 1 unspecified atom stereocenters. The number of rotatable bonds is 2. The van der Waals surface area contributed by atoms with Crippen LogP contribution in [0.4, 0.5) is 0 Å². The van der Waals surface area contributed by atoms with Crippen molar-refractivity contribution < 1.29 is 9.53 Å². The first kappa shape index (κ1) is 17.0. The van der Waals surface area contributed by atoms with E-state index in [-0.39, 0.29) is 11.4 Å². The quantitative estimate of drug-likeness (QED) is 0.693. The molecule has 1 N–H and O–H groups in total. The first-order valence-electron chi connectivity index (χ1n) is 7.89. The van der Waals surface area contributed by atoms with Crippen LogP contribution in [0.2, 0.25) is 0 Å². The Morgan fingerprint density at radius 3 is 2.46 bits per heavy atom. The fraction of sp³-hybridized carbons (Fsp3) is 0.250. The minimum Gasteiger partial charge on any atom is -0.475 e. The lowest BCUT2D eigenvalue weighted by molar-refractivity contribution is -0.131. The summed E-state index contributed by atoms with van der Waals surface area (Å²) in [5.41, 5.74) is 2.61. The van der Waals surface area contributed by atoms with Crippen LogP contribution in [0.25, 0.3) is 11.8 Å². The summed E-state index contributed by atoms with van der Waals surface area (Å²) in [5, 5.41) is 3.02. The number of hydrogen-bond donors (Lipinski definition) is 1. The normalized spacial score (nSPS) is 16.7. The van der Waals surface area contributed by atoms with Gasteiger partial charge in [-0.1, -0.05) is 42.5 Å². The molecular weight excluding hydrogens is 413 g/mol. The van der Waals surface area contributed by atoms with Crippen molar-refractivity contribution in [3.05, 3.63) is 68.8 Å². The Balaban J connectivity index is 2.03. The molecule has 1 aliphatic rings. The highest BCUT2D eigenvalue weighted by atomic mass is 127. The van der Waals surface area contributed by atoms with E-state index in [4.69, 9.17) is 4.74 Å². The van der Waals surface area contributed by atoms with Gasteiger partial charge in [-0.3, -0.25) is 4.79 Å². The van der Waals surface area contributed by atoms with E-state index in [2.05, 4.69) is 27.9 Å². The fourth-order valence-electron chi connectivity index (χ4n) is 2.68. The van der Waals surface area contributed by atoms with Crippen LogP contribution in [0.3, 0.4) is 0 Å². The Labute approximate surface area is 156 Å². The van der Waals surface area contributed by atoms with E-state index in [1.807, 2.05) is 75.4 Å². The van der Waals surface area contributed by atoms with Crippen LogP contribution in [0.5, 0.6) is 0 Å². The lowest BCUT2D eigenvalue weighted by atomic mass is 9.96. The van der Waals surface area contributed by atoms with Gasteiger partial charge < -0.3 is 10.1 Å². The molecule has 2 aromatic rings.